The Morgan fingerprint density at radius 2 is 0.850 bits per heavy atom. The van der Waals surface area contributed by atoms with Crippen LogP contribution >= 0.6 is 0 Å². The molecule has 432 valence electrons. The third kappa shape index (κ3) is 14.5. The number of benzene rings is 6. The van der Waals surface area contributed by atoms with Gasteiger partial charge in [-0.3, -0.25) is 0 Å². The number of hydrogen-bond acceptors (Lipinski definition) is 7. The van der Waals surface area contributed by atoms with Crippen LogP contribution < -0.4 is 9.47 Å². The van der Waals surface area contributed by atoms with Crippen molar-refractivity contribution in [1.82, 2.24) is 0 Å². The summed E-state index contributed by atoms with van der Waals surface area (Å²) in [5, 5.41) is 0. The van der Waals surface area contributed by atoms with Crippen molar-refractivity contribution in [2.24, 2.45) is 11.8 Å². The number of hydrogen-bond donors (Lipinski definition) is 0. The van der Waals surface area contributed by atoms with E-state index in [4.69, 9.17) is 23.7 Å². The molecular weight excluding hydrogens is 1110 g/mol. The maximum Gasteiger partial charge on any atom is 0.432 e. The van der Waals surface area contributed by atoms with E-state index in [1.807, 2.05) is 6.92 Å². The van der Waals surface area contributed by atoms with Crippen LogP contribution in [0, 0.1) is 75.8 Å². The van der Waals surface area contributed by atoms with E-state index in [2.05, 4.69) is 16.4 Å². The lowest BCUT2D eigenvalue weighted by molar-refractivity contribution is -0.212. The minimum absolute atomic E-state index is 0.0285. The fourth-order valence-electron chi connectivity index (χ4n) is 8.41. The Kier molecular flexibility index (Phi) is 19.5. The van der Waals surface area contributed by atoms with Gasteiger partial charge in [-0.25, -0.2) is 48.3 Å². The van der Waals surface area contributed by atoms with Crippen molar-refractivity contribution in [1.29, 1.82) is 0 Å². The Balaban J connectivity index is 0.000000231. The fraction of sp³-hybridized carbons (Fsp3) is 0.345. The first-order chi connectivity index (χ1) is 37.7. The predicted molar refractivity (Wildman–Crippen MR) is 247 cm³/mol. The lowest BCUT2D eigenvalue weighted by atomic mass is 10.00. The molecule has 2 saturated heterocycles. The van der Waals surface area contributed by atoms with E-state index in [0.717, 1.165) is 49.9 Å². The van der Waals surface area contributed by atoms with E-state index in [-0.39, 0.29) is 67.1 Å². The Bertz CT molecular complexity index is 3050. The van der Waals surface area contributed by atoms with Crippen LogP contribution in [0.3, 0.4) is 0 Å². The van der Waals surface area contributed by atoms with Gasteiger partial charge in [0.2, 0.25) is 0 Å². The van der Waals surface area contributed by atoms with Crippen LogP contribution in [-0.2, 0) is 42.1 Å². The zero-order valence-corrected chi connectivity index (χ0v) is 41.6. The minimum Gasteiger partial charge on any atom is -0.429 e. The van der Waals surface area contributed by atoms with Crippen LogP contribution in [0.4, 0.5) is 79.0 Å². The van der Waals surface area contributed by atoms with Gasteiger partial charge < -0.3 is 33.2 Å². The molecule has 80 heavy (non-hydrogen) atoms. The molecule has 0 radical (unpaired) electrons. The van der Waals surface area contributed by atoms with Crippen LogP contribution in [0.25, 0.3) is 22.3 Å². The number of unbranched alkanes of at least 4 members (excludes halogenated alkanes) is 2. The molecule has 8 rings (SSSR count). The molecule has 2 aliphatic heterocycles. The van der Waals surface area contributed by atoms with E-state index in [9.17, 15) is 79.0 Å². The summed E-state index contributed by atoms with van der Waals surface area (Å²) in [6.07, 6.45) is -13.1. The Morgan fingerprint density at radius 3 is 1.32 bits per heavy atom. The Labute approximate surface area is 443 Å². The summed E-state index contributed by atoms with van der Waals surface area (Å²) in [7, 11) is 0. The van der Waals surface area contributed by atoms with Crippen molar-refractivity contribution < 1.29 is 112 Å². The molecule has 7 nitrogen and oxygen atoms in total. The molecule has 0 aromatic heterocycles. The average molecular weight is 1160 g/mol. The number of alkyl halides is 7. The molecule has 0 saturated carbocycles. The number of halogens is 18. The summed E-state index contributed by atoms with van der Waals surface area (Å²) in [6, 6.07) is 8.20. The topological polar surface area (TPSA) is 64.6 Å². The highest BCUT2D eigenvalue weighted by molar-refractivity contribution is 5.66. The van der Waals surface area contributed by atoms with Gasteiger partial charge in [-0.2, -0.15) is 30.7 Å². The number of rotatable bonds is 17. The summed E-state index contributed by atoms with van der Waals surface area (Å²) in [5.41, 5.74) is -7.72. The second-order valence-electron chi connectivity index (χ2n) is 18.2. The first kappa shape index (κ1) is 61.1. The molecule has 2 fully saturated rings. The van der Waals surface area contributed by atoms with E-state index >= 15 is 0 Å². The summed E-state index contributed by atoms with van der Waals surface area (Å²) < 4.78 is 289. The second-order valence-corrected chi connectivity index (χ2v) is 18.2. The molecular formula is C55H44F18O7. The zero-order chi connectivity index (χ0) is 58.4. The van der Waals surface area contributed by atoms with Crippen LogP contribution in [0.2, 0.25) is 0 Å². The van der Waals surface area contributed by atoms with Gasteiger partial charge in [-0.15, -0.1) is 0 Å². The Morgan fingerprint density at radius 1 is 0.438 bits per heavy atom. The van der Waals surface area contributed by atoms with E-state index in [1.54, 1.807) is 0 Å². The maximum absolute atomic E-state index is 14.9. The molecule has 25 heteroatoms. The summed E-state index contributed by atoms with van der Waals surface area (Å²) >= 11 is 0. The molecule has 0 bridgehead atoms. The highest BCUT2D eigenvalue weighted by atomic mass is 19.4. The molecule has 6 aromatic rings. The zero-order valence-electron chi connectivity index (χ0n) is 41.6. The van der Waals surface area contributed by atoms with Crippen LogP contribution in [0.5, 0.6) is 11.5 Å². The molecule has 0 atom stereocenters. The molecule has 0 N–H and O–H groups in total. The van der Waals surface area contributed by atoms with Crippen molar-refractivity contribution >= 4 is 0 Å². The van der Waals surface area contributed by atoms with Crippen molar-refractivity contribution in [3.63, 3.8) is 0 Å². The Hall–Kier alpha value is -6.54. The summed E-state index contributed by atoms with van der Waals surface area (Å²) in [5.74, 6) is -21.1. The minimum atomic E-state index is -5.49. The monoisotopic (exact) mass is 1160 g/mol. The maximum atomic E-state index is 14.9. The van der Waals surface area contributed by atoms with Crippen LogP contribution in [0.15, 0.2) is 84.9 Å². The average Bonchev–Trinajstić information content (AvgIpc) is 3.52. The van der Waals surface area contributed by atoms with Crippen molar-refractivity contribution in [2.75, 3.05) is 39.6 Å². The molecule has 0 aliphatic carbocycles. The first-order valence-electron chi connectivity index (χ1n) is 24.2. The van der Waals surface area contributed by atoms with E-state index in [1.165, 1.54) is 6.07 Å². The molecule has 6 aromatic carbocycles. The standard InChI is InChI=1S/C28H24F8O3.C27H20F10O4/c1-2-3-4-5-15-13-37-27(38-14-15)17-10-21(30)25(22(31)11-17)28(35,36)39-18-6-7-19(20(29)12-18)16-8-23(32)26(34)24(33)9-16;1-2-38-10-13-11-39-25(40-12-13)14-3-4-17(18(28)5-14)15-6-19(29)24(20(30)7-15)27(36,37)41-16-8-21(31)23(22(32)9-16)26(33,34)35/h6-12,15,27H,2-5,13-14H2,1H3;3-9,13,25H,2,10-12H2,1H3. The van der Waals surface area contributed by atoms with E-state index in [0.29, 0.717) is 55.7 Å². The molecule has 2 aliphatic rings. The summed E-state index contributed by atoms with van der Waals surface area (Å²) in [4.78, 5) is 0. The fourth-order valence-corrected chi connectivity index (χ4v) is 8.41. The van der Waals surface area contributed by atoms with Crippen molar-refractivity contribution in [3.05, 3.63) is 177 Å². The van der Waals surface area contributed by atoms with Crippen LogP contribution in [-0.4, -0.2) is 39.6 Å². The molecule has 0 unspecified atom stereocenters. The lowest BCUT2D eigenvalue weighted by Gasteiger charge is -2.30. The normalized spacial score (nSPS) is 17.9. The van der Waals surface area contributed by atoms with E-state index < -0.39 is 140 Å². The van der Waals surface area contributed by atoms with Gasteiger partial charge in [0, 0.05) is 58.9 Å². The third-order valence-electron chi connectivity index (χ3n) is 12.3. The van der Waals surface area contributed by atoms with Crippen molar-refractivity contribution in [2.45, 2.75) is 70.5 Å². The van der Waals surface area contributed by atoms with Gasteiger partial charge in [-0.05, 0) is 79.1 Å². The lowest BCUT2D eigenvalue weighted by Crippen LogP contribution is -2.30. The van der Waals surface area contributed by atoms with Crippen molar-refractivity contribution in [3.8, 4) is 33.8 Å². The SMILES string of the molecule is CCCCCC1COC(c2cc(F)c(C(F)(F)Oc3ccc(-c4cc(F)c(F)c(F)c4)c(F)c3)c(F)c2)OC1.CCOCC1COC(c2ccc(-c3cc(F)c(C(F)(F)Oc4cc(F)c(C(F)(F)F)c(F)c4)c(F)c3)c(F)c2)OC1. The summed E-state index contributed by atoms with van der Waals surface area (Å²) in [6.45, 7) is 5.94. The first-order valence-corrected chi connectivity index (χ1v) is 24.2. The number of ether oxygens (including phenoxy) is 7. The van der Waals surface area contributed by atoms with Gasteiger partial charge >= 0.3 is 18.4 Å². The second kappa shape index (κ2) is 25.5. The smallest absolute Gasteiger partial charge is 0.429 e. The van der Waals surface area contributed by atoms with Gasteiger partial charge in [0.1, 0.15) is 74.7 Å². The highest BCUT2D eigenvalue weighted by Gasteiger charge is 2.44. The highest BCUT2D eigenvalue weighted by Crippen LogP contribution is 2.42. The van der Waals surface area contributed by atoms with Gasteiger partial charge in [0.15, 0.2) is 30.0 Å². The van der Waals surface area contributed by atoms with Crippen LogP contribution in [0.1, 0.15) is 79.9 Å². The van der Waals surface area contributed by atoms with Gasteiger partial charge in [0.05, 0.1) is 33.0 Å². The largest absolute Gasteiger partial charge is 0.432 e. The van der Waals surface area contributed by atoms with Gasteiger partial charge in [-0.1, -0.05) is 38.3 Å². The molecule has 2 heterocycles. The third-order valence-corrected chi connectivity index (χ3v) is 12.3. The van der Waals surface area contributed by atoms with Gasteiger partial charge in [0.25, 0.3) is 0 Å². The molecule has 0 spiro atoms. The predicted octanol–water partition coefficient (Wildman–Crippen LogP) is 16.5. The quantitative estimate of drug-likeness (QED) is 0.0512. The molecule has 0 amide bonds.